The number of likely N-dealkylation sites (tertiary alicyclic amines) is 1. The molecule has 27 heavy (non-hydrogen) atoms. The Kier molecular flexibility index (Phi) is 6.15. The van der Waals surface area contributed by atoms with Crippen LogP contribution in [0, 0.1) is 11.7 Å². The van der Waals surface area contributed by atoms with Gasteiger partial charge < -0.3 is 14.8 Å². The number of anilines is 1. The van der Waals surface area contributed by atoms with Crippen molar-refractivity contribution in [1.82, 2.24) is 14.5 Å². The van der Waals surface area contributed by atoms with Crippen LogP contribution in [0.4, 0.5) is 10.1 Å². The number of carbonyl (C=O) groups is 2. The predicted octanol–water partition coefficient (Wildman–Crippen LogP) is 3.30. The second-order valence-electron chi connectivity index (χ2n) is 6.58. The molecule has 2 aromatic rings. The fraction of sp³-hybridized carbons (Fsp3) is 0.421. The number of nitrogens with one attached hydrogen (secondary N) is 1. The van der Waals surface area contributed by atoms with E-state index in [0.717, 1.165) is 22.9 Å². The number of carbonyl (C=O) groups excluding carboxylic acids is 2. The van der Waals surface area contributed by atoms with Crippen LogP contribution in [0.3, 0.4) is 0 Å². The predicted molar refractivity (Wildman–Crippen MR) is 102 cm³/mol. The van der Waals surface area contributed by atoms with Gasteiger partial charge in [0.05, 0.1) is 11.6 Å². The molecule has 3 rings (SSSR count). The van der Waals surface area contributed by atoms with Crippen LogP contribution in [0.2, 0.25) is 0 Å². The molecule has 0 aliphatic carbocycles. The smallest absolute Gasteiger partial charge is 0.229 e. The lowest BCUT2D eigenvalue weighted by molar-refractivity contribution is -0.134. The molecule has 1 saturated heterocycles. The lowest BCUT2D eigenvalue weighted by atomic mass is 9.96. The van der Waals surface area contributed by atoms with E-state index in [1.807, 2.05) is 24.7 Å². The van der Waals surface area contributed by atoms with Gasteiger partial charge in [0.1, 0.15) is 5.82 Å². The van der Waals surface area contributed by atoms with Gasteiger partial charge in [-0.2, -0.15) is 0 Å². The molecule has 1 unspecified atom stereocenters. The monoisotopic (exact) mass is 390 g/mol. The lowest BCUT2D eigenvalue weighted by Gasteiger charge is -2.32. The Labute approximate surface area is 162 Å². The fourth-order valence-electron chi connectivity index (χ4n) is 3.11. The normalized spacial score (nSPS) is 17.0. The molecule has 1 aromatic heterocycles. The molecule has 1 fully saturated rings. The third-order valence-electron chi connectivity index (χ3n) is 4.63. The molecular weight excluding hydrogens is 367 g/mol. The van der Waals surface area contributed by atoms with Gasteiger partial charge in [0.25, 0.3) is 0 Å². The highest BCUT2D eigenvalue weighted by Crippen LogP contribution is 2.33. The van der Waals surface area contributed by atoms with E-state index in [1.165, 1.54) is 23.9 Å². The number of aryl methyl sites for hydroxylation is 1. The van der Waals surface area contributed by atoms with Crippen LogP contribution in [-0.4, -0.2) is 39.4 Å². The molecule has 8 heteroatoms. The summed E-state index contributed by atoms with van der Waals surface area (Å²) in [5, 5.41) is 3.60. The van der Waals surface area contributed by atoms with E-state index in [0.29, 0.717) is 25.2 Å². The zero-order chi connectivity index (χ0) is 19.4. The third-order valence-corrected chi connectivity index (χ3v) is 5.78. The zero-order valence-corrected chi connectivity index (χ0v) is 16.3. The molecule has 1 N–H and O–H groups in total. The first kappa shape index (κ1) is 19.4. The minimum atomic E-state index is -0.416. The summed E-state index contributed by atoms with van der Waals surface area (Å²) in [6, 6.07) is 4.32. The molecule has 1 atom stereocenters. The first-order valence-corrected chi connectivity index (χ1v) is 9.83. The maximum Gasteiger partial charge on any atom is 0.229 e. The second kappa shape index (κ2) is 8.56. The van der Waals surface area contributed by atoms with Crippen LogP contribution in [-0.2, 0) is 16.6 Å². The summed E-state index contributed by atoms with van der Waals surface area (Å²) in [6.07, 6.45) is 5.46. The van der Waals surface area contributed by atoms with Crippen LogP contribution >= 0.6 is 11.8 Å². The number of amides is 2. The quantitative estimate of drug-likeness (QED) is 0.851. The van der Waals surface area contributed by atoms with Crippen molar-refractivity contribution in [2.75, 3.05) is 18.4 Å². The number of benzene rings is 1. The van der Waals surface area contributed by atoms with Gasteiger partial charge in [0, 0.05) is 43.8 Å². The Morgan fingerprint density at radius 3 is 2.93 bits per heavy atom. The molecule has 0 bridgehead atoms. The Morgan fingerprint density at radius 1 is 1.41 bits per heavy atom. The number of halogens is 1. The van der Waals surface area contributed by atoms with Gasteiger partial charge in [0.15, 0.2) is 5.16 Å². The van der Waals surface area contributed by atoms with Crippen molar-refractivity contribution in [1.29, 1.82) is 0 Å². The average molecular weight is 390 g/mol. The third kappa shape index (κ3) is 4.68. The highest BCUT2D eigenvalue weighted by atomic mass is 32.2. The largest absolute Gasteiger partial charge is 0.342 e. The molecule has 1 aliphatic rings. The Hall–Kier alpha value is -2.35. The SMILES string of the molecule is CCC(=O)N1CCCC(C(=O)Nc2cc(F)ccc2Sc2nccn2C)C1. The number of hydrogen-bond acceptors (Lipinski definition) is 4. The molecule has 0 saturated carbocycles. The Morgan fingerprint density at radius 2 is 2.22 bits per heavy atom. The molecule has 2 heterocycles. The summed E-state index contributed by atoms with van der Waals surface area (Å²) >= 11 is 1.36. The molecule has 0 radical (unpaired) electrons. The van der Waals surface area contributed by atoms with Gasteiger partial charge in [-0.15, -0.1) is 0 Å². The van der Waals surface area contributed by atoms with E-state index in [4.69, 9.17) is 0 Å². The first-order valence-electron chi connectivity index (χ1n) is 9.01. The molecule has 1 aromatic carbocycles. The maximum absolute atomic E-state index is 13.8. The van der Waals surface area contributed by atoms with Crippen molar-refractivity contribution in [2.24, 2.45) is 13.0 Å². The van der Waals surface area contributed by atoms with E-state index in [9.17, 15) is 14.0 Å². The summed E-state index contributed by atoms with van der Waals surface area (Å²) in [5.74, 6) is -0.829. The zero-order valence-electron chi connectivity index (χ0n) is 15.4. The molecule has 2 amide bonds. The van der Waals surface area contributed by atoms with Crippen LogP contribution < -0.4 is 5.32 Å². The number of hydrogen-bond donors (Lipinski definition) is 1. The van der Waals surface area contributed by atoms with Crippen molar-refractivity contribution in [3.63, 3.8) is 0 Å². The standard InChI is InChI=1S/C19H23FN4O2S/c1-3-17(25)24-9-4-5-13(12-24)18(26)22-15-11-14(20)6-7-16(15)27-19-21-8-10-23(19)2/h6-8,10-11,13H,3-5,9,12H2,1-2H3,(H,22,26). The summed E-state index contributed by atoms with van der Waals surface area (Å²) in [7, 11) is 1.87. The van der Waals surface area contributed by atoms with Crippen molar-refractivity contribution in [3.8, 4) is 0 Å². The van der Waals surface area contributed by atoms with E-state index >= 15 is 0 Å². The van der Waals surface area contributed by atoms with E-state index < -0.39 is 5.82 Å². The number of aromatic nitrogens is 2. The van der Waals surface area contributed by atoms with Crippen molar-refractivity contribution in [2.45, 2.75) is 36.2 Å². The van der Waals surface area contributed by atoms with E-state index in [1.54, 1.807) is 17.2 Å². The van der Waals surface area contributed by atoms with Gasteiger partial charge in [-0.3, -0.25) is 9.59 Å². The number of imidazole rings is 1. The van der Waals surface area contributed by atoms with Gasteiger partial charge in [0.2, 0.25) is 11.8 Å². The summed E-state index contributed by atoms with van der Waals surface area (Å²) in [6.45, 7) is 2.92. The number of rotatable bonds is 5. The number of nitrogens with zero attached hydrogens (tertiary/aromatic N) is 3. The topological polar surface area (TPSA) is 67.2 Å². The molecule has 144 valence electrons. The fourth-order valence-corrected chi connectivity index (χ4v) is 3.98. The van der Waals surface area contributed by atoms with Crippen LogP contribution in [0.15, 0.2) is 40.6 Å². The van der Waals surface area contributed by atoms with Gasteiger partial charge in [-0.1, -0.05) is 6.92 Å². The highest BCUT2D eigenvalue weighted by Gasteiger charge is 2.28. The van der Waals surface area contributed by atoms with Crippen LogP contribution in [0.5, 0.6) is 0 Å². The molecule has 6 nitrogen and oxygen atoms in total. The Bertz CT molecular complexity index is 839. The van der Waals surface area contributed by atoms with Crippen LogP contribution in [0.25, 0.3) is 0 Å². The van der Waals surface area contributed by atoms with Gasteiger partial charge in [-0.05, 0) is 42.8 Å². The maximum atomic E-state index is 13.8. The average Bonchev–Trinajstić information content (AvgIpc) is 3.08. The van der Waals surface area contributed by atoms with Crippen molar-refractivity contribution < 1.29 is 14.0 Å². The number of piperidine rings is 1. The van der Waals surface area contributed by atoms with Crippen molar-refractivity contribution >= 4 is 29.3 Å². The van der Waals surface area contributed by atoms with Crippen molar-refractivity contribution in [3.05, 3.63) is 36.4 Å². The van der Waals surface area contributed by atoms with E-state index in [2.05, 4.69) is 10.3 Å². The summed E-state index contributed by atoms with van der Waals surface area (Å²) in [5.41, 5.74) is 0.423. The van der Waals surface area contributed by atoms with Crippen LogP contribution in [0.1, 0.15) is 26.2 Å². The van der Waals surface area contributed by atoms with Gasteiger partial charge in [-0.25, -0.2) is 9.37 Å². The highest BCUT2D eigenvalue weighted by molar-refractivity contribution is 7.99. The molecule has 1 aliphatic heterocycles. The minimum absolute atomic E-state index is 0.0595. The first-order chi connectivity index (χ1) is 13.0. The lowest BCUT2D eigenvalue weighted by Crippen LogP contribution is -2.43. The minimum Gasteiger partial charge on any atom is -0.342 e. The summed E-state index contributed by atoms with van der Waals surface area (Å²) < 4.78 is 15.6. The van der Waals surface area contributed by atoms with Gasteiger partial charge >= 0.3 is 0 Å². The Balaban J connectivity index is 1.74. The molecule has 0 spiro atoms. The summed E-state index contributed by atoms with van der Waals surface area (Å²) in [4.78, 5) is 31.4. The molecular formula is C19H23FN4O2S. The van der Waals surface area contributed by atoms with E-state index in [-0.39, 0.29) is 17.7 Å². The second-order valence-corrected chi connectivity index (χ2v) is 7.59.